The van der Waals surface area contributed by atoms with E-state index in [0.717, 1.165) is 22.4 Å². The highest BCUT2D eigenvalue weighted by atomic mass is 16.5. The summed E-state index contributed by atoms with van der Waals surface area (Å²) >= 11 is 0. The van der Waals surface area contributed by atoms with E-state index in [2.05, 4.69) is 16.5 Å². The molecule has 0 unspecified atom stereocenters. The molecule has 174 valence electrons. The van der Waals surface area contributed by atoms with Gasteiger partial charge in [0, 0.05) is 6.20 Å². The molecule has 4 aromatic rings. The number of nitrogens with one attached hydrogen (secondary N) is 1. The van der Waals surface area contributed by atoms with E-state index >= 15 is 0 Å². The van der Waals surface area contributed by atoms with Gasteiger partial charge in [-0.25, -0.2) is 4.79 Å². The summed E-state index contributed by atoms with van der Waals surface area (Å²) in [6.07, 6.45) is 3.21. The van der Waals surface area contributed by atoms with Crippen LogP contribution in [0.5, 0.6) is 5.75 Å². The zero-order valence-electron chi connectivity index (χ0n) is 19.2. The maximum Gasteiger partial charge on any atom is 0.338 e. The summed E-state index contributed by atoms with van der Waals surface area (Å²) < 4.78 is 17.9. The van der Waals surface area contributed by atoms with Gasteiger partial charge in [0.15, 0.2) is 5.76 Å². The molecule has 1 amide bonds. The SMILES string of the molecule is COC(=O)c1ccccc1Cn1cc(NC(=O)c2ccc(COc3cc(C)cc(C)c3)o2)cn1. The molecule has 0 fully saturated rings. The minimum atomic E-state index is -0.411. The Morgan fingerprint density at radius 2 is 1.82 bits per heavy atom. The van der Waals surface area contributed by atoms with Crippen LogP contribution in [0, 0.1) is 13.8 Å². The van der Waals surface area contributed by atoms with Gasteiger partial charge in [-0.15, -0.1) is 0 Å². The molecular formula is C26H25N3O5. The van der Waals surface area contributed by atoms with Gasteiger partial charge in [0.1, 0.15) is 18.1 Å². The highest BCUT2D eigenvalue weighted by Gasteiger charge is 2.15. The third-order valence-electron chi connectivity index (χ3n) is 5.11. The van der Waals surface area contributed by atoms with E-state index in [9.17, 15) is 9.59 Å². The number of anilines is 1. The van der Waals surface area contributed by atoms with Crippen molar-refractivity contribution in [1.82, 2.24) is 9.78 Å². The van der Waals surface area contributed by atoms with Crippen LogP contribution in [0.3, 0.4) is 0 Å². The number of benzene rings is 2. The van der Waals surface area contributed by atoms with Gasteiger partial charge in [-0.05, 0) is 60.9 Å². The molecule has 0 saturated carbocycles. The summed E-state index contributed by atoms with van der Waals surface area (Å²) in [7, 11) is 1.34. The normalized spacial score (nSPS) is 10.7. The van der Waals surface area contributed by atoms with Crippen molar-refractivity contribution in [2.75, 3.05) is 12.4 Å². The number of nitrogens with zero attached hydrogens (tertiary/aromatic N) is 2. The van der Waals surface area contributed by atoms with Crippen molar-refractivity contribution in [3.8, 4) is 5.75 Å². The minimum absolute atomic E-state index is 0.169. The van der Waals surface area contributed by atoms with Crippen LogP contribution in [-0.2, 0) is 17.9 Å². The van der Waals surface area contributed by atoms with Gasteiger partial charge in [0.25, 0.3) is 5.91 Å². The second-order valence-corrected chi connectivity index (χ2v) is 7.91. The largest absolute Gasteiger partial charge is 0.486 e. The fraction of sp³-hybridized carbons (Fsp3) is 0.192. The second-order valence-electron chi connectivity index (χ2n) is 7.91. The molecule has 8 heteroatoms. The van der Waals surface area contributed by atoms with Crippen LogP contribution in [0.15, 0.2) is 71.4 Å². The molecule has 34 heavy (non-hydrogen) atoms. The second kappa shape index (κ2) is 10.1. The third-order valence-corrected chi connectivity index (χ3v) is 5.11. The number of carbonyl (C=O) groups excluding carboxylic acids is 2. The van der Waals surface area contributed by atoms with Gasteiger partial charge in [-0.2, -0.15) is 5.10 Å². The Morgan fingerprint density at radius 1 is 1.06 bits per heavy atom. The quantitative estimate of drug-likeness (QED) is 0.382. The van der Waals surface area contributed by atoms with Crippen LogP contribution < -0.4 is 10.1 Å². The van der Waals surface area contributed by atoms with Gasteiger partial charge in [-0.1, -0.05) is 24.3 Å². The molecule has 1 N–H and O–H groups in total. The Balaban J connectivity index is 1.36. The van der Waals surface area contributed by atoms with E-state index in [-0.39, 0.29) is 12.4 Å². The Kier molecular flexibility index (Phi) is 6.77. The van der Waals surface area contributed by atoms with Gasteiger partial charge in [-0.3, -0.25) is 9.48 Å². The summed E-state index contributed by atoms with van der Waals surface area (Å²) in [5.41, 5.74) is 3.96. The molecule has 2 aromatic carbocycles. The lowest BCUT2D eigenvalue weighted by molar-refractivity contribution is 0.0599. The minimum Gasteiger partial charge on any atom is -0.486 e. The predicted octanol–water partition coefficient (Wildman–Crippen LogP) is 4.76. The van der Waals surface area contributed by atoms with E-state index in [1.807, 2.05) is 38.1 Å². The highest BCUT2D eigenvalue weighted by Crippen LogP contribution is 2.19. The fourth-order valence-electron chi connectivity index (χ4n) is 3.60. The number of rotatable bonds is 8. The molecule has 8 nitrogen and oxygen atoms in total. The zero-order valence-corrected chi connectivity index (χ0v) is 19.2. The lowest BCUT2D eigenvalue weighted by Gasteiger charge is -2.07. The number of furan rings is 1. The van der Waals surface area contributed by atoms with E-state index in [1.165, 1.54) is 13.3 Å². The van der Waals surface area contributed by atoms with E-state index in [0.29, 0.717) is 23.6 Å². The molecule has 0 aliphatic carbocycles. The summed E-state index contributed by atoms with van der Waals surface area (Å²) in [4.78, 5) is 24.6. The summed E-state index contributed by atoms with van der Waals surface area (Å²) in [6, 6.07) is 16.4. The average molecular weight is 460 g/mol. The topological polar surface area (TPSA) is 95.6 Å². The van der Waals surface area contributed by atoms with Gasteiger partial charge in [0.05, 0.1) is 31.1 Å². The van der Waals surface area contributed by atoms with Crippen molar-refractivity contribution in [2.45, 2.75) is 27.0 Å². The van der Waals surface area contributed by atoms with Crippen LogP contribution in [0.4, 0.5) is 5.69 Å². The molecule has 0 aliphatic rings. The van der Waals surface area contributed by atoms with E-state index < -0.39 is 11.9 Å². The number of methoxy groups -OCH3 is 1. The van der Waals surface area contributed by atoms with Crippen LogP contribution in [0.2, 0.25) is 0 Å². The van der Waals surface area contributed by atoms with Crippen molar-refractivity contribution in [3.63, 3.8) is 0 Å². The summed E-state index contributed by atoms with van der Waals surface area (Å²) in [6.45, 7) is 4.58. The molecule has 2 heterocycles. The average Bonchev–Trinajstić information content (AvgIpc) is 3.46. The third kappa shape index (κ3) is 5.53. The molecule has 0 spiro atoms. The van der Waals surface area contributed by atoms with Crippen molar-refractivity contribution >= 4 is 17.6 Å². The van der Waals surface area contributed by atoms with Crippen LogP contribution in [0.25, 0.3) is 0 Å². The molecular weight excluding hydrogens is 434 g/mol. The van der Waals surface area contributed by atoms with Crippen molar-refractivity contribution in [3.05, 3.63) is 101 Å². The molecule has 4 rings (SSSR count). The number of aromatic nitrogens is 2. The number of carbonyl (C=O) groups is 2. The standard InChI is InChI=1S/C26H25N3O5/c1-17-10-18(2)12-22(11-17)33-16-21-8-9-24(34-21)25(30)28-20-13-27-29(15-20)14-19-6-4-5-7-23(19)26(31)32-3/h4-13,15H,14,16H2,1-3H3,(H,28,30). The first-order chi connectivity index (χ1) is 16.4. The first kappa shape index (κ1) is 22.8. The first-order valence-corrected chi connectivity index (χ1v) is 10.7. The van der Waals surface area contributed by atoms with Crippen molar-refractivity contribution < 1.29 is 23.5 Å². The molecule has 0 atom stereocenters. The number of hydrogen-bond acceptors (Lipinski definition) is 6. The monoisotopic (exact) mass is 459 g/mol. The lowest BCUT2D eigenvalue weighted by atomic mass is 10.1. The summed E-state index contributed by atoms with van der Waals surface area (Å²) in [5, 5.41) is 7.03. The Hall–Kier alpha value is -4.33. The Bertz CT molecular complexity index is 1300. The lowest BCUT2D eigenvalue weighted by Crippen LogP contribution is -2.11. The van der Waals surface area contributed by atoms with E-state index in [1.54, 1.807) is 35.1 Å². The molecule has 0 bridgehead atoms. The van der Waals surface area contributed by atoms with Gasteiger partial charge in [0.2, 0.25) is 0 Å². The van der Waals surface area contributed by atoms with Crippen molar-refractivity contribution in [2.24, 2.45) is 0 Å². The molecule has 0 saturated heterocycles. The van der Waals surface area contributed by atoms with Crippen molar-refractivity contribution in [1.29, 1.82) is 0 Å². The first-order valence-electron chi connectivity index (χ1n) is 10.7. The fourth-order valence-corrected chi connectivity index (χ4v) is 3.60. The predicted molar refractivity (Wildman–Crippen MR) is 126 cm³/mol. The maximum atomic E-state index is 12.6. The Labute approximate surface area is 197 Å². The molecule has 0 radical (unpaired) electrons. The van der Waals surface area contributed by atoms with Gasteiger partial charge < -0.3 is 19.2 Å². The number of amides is 1. The van der Waals surface area contributed by atoms with Crippen LogP contribution in [-0.4, -0.2) is 28.8 Å². The number of aryl methyl sites for hydroxylation is 2. The van der Waals surface area contributed by atoms with E-state index in [4.69, 9.17) is 13.9 Å². The summed E-state index contributed by atoms with van der Waals surface area (Å²) in [5.74, 6) is 0.655. The number of hydrogen-bond donors (Lipinski definition) is 1. The number of esters is 1. The number of ether oxygens (including phenoxy) is 2. The van der Waals surface area contributed by atoms with Crippen LogP contribution >= 0.6 is 0 Å². The maximum absolute atomic E-state index is 12.6. The smallest absolute Gasteiger partial charge is 0.338 e. The Morgan fingerprint density at radius 3 is 2.59 bits per heavy atom. The molecule has 2 aromatic heterocycles. The zero-order chi connectivity index (χ0) is 24.1. The molecule has 0 aliphatic heterocycles. The van der Waals surface area contributed by atoms with Gasteiger partial charge >= 0.3 is 5.97 Å². The highest BCUT2D eigenvalue weighted by molar-refractivity contribution is 6.02. The van der Waals surface area contributed by atoms with Crippen LogP contribution in [0.1, 0.15) is 43.4 Å².